The topological polar surface area (TPSA) is 62.2 Å². The Balaban J connectivity index is 1.29. The van der Waals surface area contributed by atoms with Crippen LogP contribution < -0.4 is 0 Å². The first-order valence-corrected chi connectivity index (χ1v) is 10.5. The summed E-state index contributed by atoms with van der Waals surface area (Å²) < 4.78 is 0. The fraction of sp³-hybridized carbons (Fsp3) is 0.333. The van der Waals surface area contributed by atoms with Crippen LogP contribution in [-0.2, 0) is 17.9 Å². The lowest BCUT2D eigenvalue weighted by atomic mass is 9.90. The largest absolute Gasteiger partial charge is 0.341 e. The summed E-state index contributed by atoms with van der Waals surface area (Å²) in [7, 11) is 0. The molecule has 4 heterocycles. The van der Waals surface area contributed by atoms with Crippen LogP contribution >= 0.6 is 0 Å². The number of hydrogen-bond acceptors (Lipinski definition) is 5. The Labute approximate surface area is 176 Å². The van der Waals surface area contributed by atoms with Gasteiger partial charge < -0.3 is 4.90 Å². The summed E-state index contributed by atoms with van der Waals surface area (Å²) in [5.41, 5.74) is 5.81. The summed E-state index contributed by atoms with van der Waals surface area (Å²) in [6.45, 7) is 3.73. The van der Waals surface area contributed by atoms with E-state index >= 15 is 0 Å². The molecule has 6 heteroatoms. The fourth-order valence-corrected chi connectivity index (χ4v) is 4.65. The van der Waals surface area contributed by atoms with Gasteiger partial charge in [-0.25, -0.2) is 9.97 Å². The van der Waals surface area contributed by atoms with Gasteiger partial charge in [0.25, 0.3) is 0 Å². The van der Waals surface area contributed by atoms with Gasteiger partial charge in [-0.2, -0.15) is 0 Å². The van der Waals surface area contributed by atoms with Gasteiger partial charge in [0.2, 0.25) is 5.91 Å². The Morgan fingerprint density at radius 3 is 2.57 bits per heavy atom. The lowest BCUT2D eigenvalue weighted by molar-refractivity contribution is -0.133. The number of nitrogens with zero attached hydrogens (tertiary/aromatic N) is 5. The maximum absolute atomic E-state index is 13.1. The first kappa shape index (κ1) is 18.9. The number of fused-ring (bicyclic) bond motifs is 1. The third kappa shape index (κ3) is 3.83. The van der Waals surface area contributed by atoms with Crippen molar-refractivity contribution in [2.24, 2.45) is 0 Å². The van der Waals surface area contributed by atoms with Crippen LogP contribution in [0.5, 0.6) is 0 Å². The molecule has 0 radical (unpaired) electrons. The van der Waals surface area contributed by atoms with Crippen molar-refractivity contribution in [2.45, 2.75) is 31.8 Å². The number of hydrogen-bond donors (Lipinski definition) is 0. The van der Waals surface area contributed by atoms with Crippen LogP contribution in [0.1, 0.15) is 35.6 Å². The molecular formula is C24H25N5O. The molecule has 6 nitrogen and oxygen atoms in total. The average molecular weight is 399 g/mol. The second-order valence-corrected chi connectivity index (χ2v) is 8.15. The first-order valence-electron chi connectivity index (χ1n) is 10.5. The zero-order valence-electron chi connectivity index (χ0n) is 16.9. The third-order valence-electron chi connectivity index (χ3n) is 6.16. The average Bonchev–Trinajstić information content (AvgIpc) is 3.22. The molecule has 0 N–H and O–H groups in total. The van der Waals surface area contributed by atoms with E-state index in [4.69, 9.17) is 0 Å². The quantitative estimate of drug-likeness (QED) is 0.674. The minimum atomic E-state index is 0.215. The predicted molar refractivity (Wildman–Crippen MR) is 114 cm³/mol. The van der Waals surface area contributed by atoms with Crippen LogP contribution in [0.2, 0.25) is 0 Å². The van der Waals surface area contributed by atoms with Crippen molar-refractivity contribution in [3.8, 4) is 11.1 Å². The van der Waals surface area contributed by atoms with Crippen molar-refractivity contribution in [2.75, 3.05) is 19.6 Å². The van der Waals surface area contributed by atoms with Crippen LogP contribution in [0.3, 0.4) is 0 Å². The summed E-state index contributed by atoms with van der Waals surface area (Å²) in [4.78, 5) is 30.3. The van der Waals surface area contributed by atoms with E-state index in [9.17, 15) is 4.79 Å². The second kappa shape index (κ2) is 8.32. The number of piperidine rings is 1. The highest BCUT2D eigenvalue weighted by Gasteiger charge is 2.29. The van der Waals surface area contributed by atoms with Crippen molar-refractivity contribution in [3.63, 3.8) is 0 Å². The summed E-state index contributed by atoms with van der Waals surface area (Å²) in [5, 5.41) is 0. The smallest absolute Gasteiger partial charge is 0.236 e. The molecule has 0 unspecified atom stereocenters. The molecule has 0 bridgehead atoms. The van der Waals surface area contributed by atoms with E-state index < -0.39 is 0 Å². The molecule has 1 saturated heterocycles. The molecule has 30 heavy (non-hydrogen) atoms. The van der Waals surface area contributed by atoms with Gasteiger partial charge in [0.1, 0.15) is 6.33 Å². The standard InChI is InChI=1S/C24H25N5O/c30-23(16-28-13-19-4-1-2-5-20(19)14-28)29-11-3-6-21(15-29)24-22(12-26-17-27-24)18-7-9-25-10-8-18/h1-2,4-5,7-10,12,17,21H,3,6,11,13-16H2/t21-/m1/s1. The van der Waals surface area contributed by atoms with Crippen molar-refractivity contribution in [1.29, 1.82) is 0 Å². The number of carbonyl (C=O) groups is 1. The molecule has 1 fully saturated rings. The van der Waals surface area contributed by atoms with E-state index in [0.717, 1.165) is 49.3 Å². The summed E-state index contributed by atoms with van der Waals surface area (Å²) in [6, 6.07) is 12.4. The van der Waals surface area contributed by atoms with E-state index in [-0.39, 0.29) is 11.8 Å². The molecule has 2 aliphatic rings. The van der Waals surface area contributed by atoms with Crippen molar-refractivity contribution in [1.82, 2.24) is 24.8 Å². The van der Waals surface area contributed by atoms with Crippen LogP contribution in [0.4, 0.5) is 0 Å². The molecule has 0 spiro atoms. The Kier molecular flexibility index (Phi) is 5.24. The zero-order valence-corrected chi connectivity index (χ0v) is 16.9. The van der Waals surface area contributed by atoms with Gasteiger partial charge >= 0.3 is 0 Å². The summed E-state index contributed by atoms with van der Waals surface area (Å²) in [5.74, 6) is 0.441. The number of likely N-dealkylation sites (tertiary alicyclic amines) is 1. The van der Waals surface area contributed by atoms with Gasteiger partial charge in [-0.1, -0.05) is 24.3 Å². The Morgan fingerprint density at radius 2 is 1.80 bits per heavy atom. The highest BCUT2D eigenvalue weighted by molar-refractivity contribution is 5.78. The monoisotopic (exact) mass is 399 g/mol. The minimum Gasteiger partial charge on any atom is -0.341 e. The van der Waals surface area contributed by atoms with Gasteiger partial charge in [0, 0.05) is 56.3 Å². The third-order valence-corrected chi connectivity index (χ3v) is 6.16. The van der Waals surface area contributed by atoms with Crippen LogP contribution in [0.15, 0.2) is 61.3 Å². The second-order valence-electron chi connectivity index (χ2n) is 8.15. The first-order chi connectivity index (χ1) is 14.8. The van der Waals surface area contributed by atoms with Gasteiger partial charge in [0.15, 0.2) is 0 Å². The van der Waals surface area contributed by atoms with Crippen molar-refractivity contribution < 1.29 is 4.79 Å². The predicted octanol–water partition coefficient (Wildman–Crippen LogP) is 3.26. The fourth-order valence-electron chi connectivity index (χ4n) is 4.65. The van der Waals surface area contributed by atoms with Gasteiger partial charge in [0.05, 0.1) is 12.2 Å². The van der Waals surface area contributed by atoms with Crippen LogP contribution in [0, 0.1) is 0 Å². The van der Waals surface area contributed by atoms with Crippen molar-refractivity contribution in [3.05, 3.63) is 78.1 Å². The normalized spacial score (nSPS) is 18.9. The van der Waals surface area contributed by atoms with Gasteiger partial charge in [-0.15, -0.1) is 0 Å². The maximum atomic E-state index is 13.1. The van der Waals surface area contributed by atoms with Gasteiger partial charge in [-0.05, 0) is 41.7 Å². The van der Waals surface area contributed by atoms with E-state index in [2.05, 4.69) is 44.1 Å². The molecule has 152 valence electrons. The molecule has 1 atom stereocenters. The van der Waals surface area contributed by atoms with E-state index in [1.54, 1.807) is 18.7 Å². The lowest BCUT2D eigenvalue weighted by Crippen LogP contribution is -2.43. The Hall–Kier alpha value is -3.12. The molecule has 1 amide bonds. The van der Waals surface area contributed by atoms with Gasteiger partial charge in [-0.3, -0.25) is 14.7 Å². The van der Waals surface area contributed by atoms with Crippen LogP contribution in [-0.4, -0.2) is 50.3 Å². The summed E-state index contributed by atoms with van der Waals surface area (Å²) >= 11 is 0. The molecule has 5 rings (SSSR count). The molecular weight excluding hydrogens is 374 g/mol. The highest BCUT2D eigenvalue weighted by Crippen LogP contribution is 2.32. The zero-order chi connectivity index (χ0) is 20.3. The highest BCUT2D eigenvalue weighted by atomic mass is 16.2. The molecule has 0 saturated carbocycles. The summed E-state index contributed by atoms with van der Waals surface area (Å²) in [6.07, 6.45) is 9.10. The Morgan fingerprint density at radius 1 is 1.03 bits per heavy atom. The lowest BCUT2D eigenvalue weighted by Gasteiger charge is -2.34. The number of carbonyl (C=O) groups excluding carboxylic acids is 1. The van der Waals surface area contributed by atoms with E-state index in [1.165, 1.54) is 11.1 Å². The number of rotatable bonds is 4. The molecule has 0 aliphatic carbocycles. The van der Waals surface area contributed by atoms with Crippen molar-refractivity contribution >= 4 is 5.91 Å². The van der Waals surface area contributed by atoms with E-state index in [0.29, 0.717) is 13.1 Å². The van der Waals surface area contributed by atoms with Crippen LogP contribution in [0.25, 0.3) is 11.1 Å². The maximum Gasteiger partial charge on any atom is 0.236 e. The number of pyridine rings is 1. The molecule has 3 aromatic rings. The number of aromatic nitrogens is 3. The molecule has 2 aliphatic heterocycles. The SMILES string of the molecule is O=C(CN1Cc2ccccc2C1)N1CCC[C@@H](c2ncncc2-c2ccncc2)C1. The molecule has 2 aromatic heterocycles. The Bertz CT molecular complexity index is 1010. The minimum absolute atomic E-state index is 0.215. The van der Waals surface area contributed by atoms with E-state index in [1.807, 2.05) is 23.2 Å². The number of benzene rings is 1. The molecule has 1 aromatic carbocycles. The number of amides is 1.